The van der Waals surface area contributed by atoms with E-state index in [1.54, 1.807) is 12.1 Å². The summed E-state index contributed by atoms with van der Waals surface area (Å²) in [5.41, 5.74) is 5.54. The van der Waals surface area contributed by atoms with Crippen molar-refractivity contribution in [2.24, 2.45) is 0 Å². The molecule has 0 bridgehead atoms. The van der Waals surface area contributed by atoms with Crippen molar-refractivity contribution in [1.82, 2.24) is 10.2 Å². The van der Waals surface area contributed by atoms with Crippen molar-refractivity contribution in [3.63, 3.8) is 0 Å². The number of rotatable bonds is 6. The molecule has 31 heavy (non-hydrogen) atoms. The number of hydrogen-bond donors (Lipinski definition) is 1. The minimum Gasteiger partial charge on any atom is -0.462 e. The number of carbonyl (C=O) groups is 1. The first-order chi connectivity index (χ1) is 15.1. The van der Waals surface area contributed by atoms with Crippen molar-refractivity contribution < 1.29 is 9.53 Å². The average molecular weight is 412 g/mol. The molecule has 0 amide bonds. The first-order valence-corrected chi connectivity index (χ1v) is 10.4. The summed E-state index contributed by atoms with van der Waals surface area (Å²) < 4.78 is 5.21. The lowest BCUT2D eigenvalue weighted by Crippen LogP contribution is -2.05. The van der Waals surface area contributed by atoms with E-state index in [1.807, 2.05) is 43.3 Å². The summed E-state index contributed by atoms with van der Waals surface area (Å²) in [5, 5.41) is 14.4. The van der Waals surface area contributed by atoms with Gasteiger partial charge < -0.3 is 10.1 Å². The topological polar surface area (TPSA) is 64.1 Å². The number of fused-ring (bicyclic) bond motifs is 1. The molecule has 3 aromatic carbocycles. The van der Waals surface area contributed by atoms with Gasteiger partial charge in [-0.25, -0.2) is 4.79 Å². The number of aryl methyl sites for hydroxylation is 2. The third-order valence-corrected chi connectivity index (χ3v) is 5.16. The standard InChI is InChI=1S/C26H25N3O2/c1-4-15-31-26(30)20-13-11-19(12-14-20)24-21-7-5-6-8-22(21)25(29-28-24)27-23-16-17(2)9-10-18(23)3/h5-14,16H,4,15H2,1-3H3,(H,27,29). The van der Waals surface area contributed by atoms with Crippen LogP contribution in [0, 0.1) is 13.8 Å². The Bertz CT molecular complexity index is 1230. The highest BCUT2D eigenvalue weighted by molar-refractivity contribution is 6.01. The van der Waals surface area contributed by atoms with Crippen molar-refractivity contribution in [2.75, 3.05) is 11.9 Å². The molecule has 0 saturated heterocycles. The second-order valence-electron chi connectivity index (χ2n) is 7.60. The van der Waals surface area contributed by atoms with Gasteiger partial charge in [0.05, 0.1) is 12.2 Å². The number of nitrogens with zero attached hydrogens (tertiary/aromatic N) is 2. The SMILES string of the molecule is CCCOC(=O)c1ccc(-c2nnc(Nc3cc(C)ccc3C)c3ccccc23)cc1. The smallest absolute Gasteiger partial charge is 0.338 e. The van der Waals surface area contributed by atoms with Gasteiger partial charge in [-0.05, 0) is 49.6 Å². The fourth-order valence-corrected chi connectivity index (χ4v) is 3.45. The van der Waals surface area contributed by atoms with Crippen LogP contribution in [0.25, 0.3) is 22.0 Å². The predicted molar refractivity (Wildman–Crippen MR) is 125 cm³/mol. The van der Waals surface area contributed by atoms with Gasteiger partial charge in [0.1, 0.15) is 5.69 Å². The Morgan fingerprint density at radius 2 is 1.68 bits per heavy atom. The van der Waals surface area contributed by atoms with E-state index >= 15 is 0 Å². The first-order valence-electron chi connectivity index (χ1n) is 10.4. The molecule has 0 aliphatic carbocycles. The first kappa shape index (κ1) is 20.5. The zero-order valence-electron chi connectivity index (χ0n) is 18.0. The lowest BCUT2D eigenvalue weighted by Gasteiger charge is -2.13. The molecule has 1 heterocycles. The molecule has 0 aliphatic rings. The normalized spacial score (nSPS) is 10.8. The molecule has 0 unspecified atom stereocenters. The van der Waals surface area contributed by atoms with E-state index in [9.17, 15) is 4.79 Å². The minimum absolute atomic E-state index is 0.308. The highest BCUT2D eigenvalue weighted by Gasteiger charge is 2.13. The molecule has 0 radical (unpaired) electrons. The molecule has 0 atom stereocenters. The van der Waals surface area contributed by atoms with Crippen LogP contribution >= 0.6 is 0 Å². The lowest BCUT2D eigenvalue weighted by molar-refractivity contribution is 0.0505. The summed E-state index contributed by atoms with van der Waals surface area (Å²) in [6.07, 6.45) is 0.799. The highest BCUT2D eigenvalue weighted by atomic mass is 16.5. The number of carbonyl (C=O) groups excluding carboxylic acids is 1. The maximum Gasteiger partial charge on any atom is 0.338 e. The summed E-state index contributed by atoms with van der Waals surface area (Å²) in [6.45, 7) is 6.53. The van der Waals surface area contributed by atoms with Crippen LogP contribution in [-0.2, 0) is 4.74 Å². The van der Waals surface area contributed by atoms with Crippen LogP contribution in [0.2, 0.25) is 0 Å². The van der Waals surface area contributed by atoms with Gasteiger partial charge in [-0.15, -0.1) is 10.2 Å². The van der Waals surface area contributed by atoms with Gasteiger partial charge in [-0.1, -0.05) is 55.5 Å². The molecule has 0 spiro atoms. The minimum atomic E-state index is -0.308. The van der Waals surface area contributed by atoms with Gasteiger partial charge in [-0.3, -0.25) is 0 Å². The number of anilines is 2. The van der Waals surface area contributed by atoms with Crippen LogP contribution in [0.1, 0.15) is 34.8 Å². The summed E-state index contributed by atoms with van der Waals surface area (Å²) in [7, 11) is 0. The van der Waals surface area contributed by atoms with E-state index in [4.69, 9.17) is 4.74 Å². The van der Waals surface area contributed by atoms with Crippen LogP contribution in [0.5, 0.6) is 0 Å². The fraction of sp³-hybridized carbons (Fsp3) is 0.192. The number of nitrogens with one attached hydrogen (secondary N) is 1. The Kier molecular flexibility index (Phi) is 5.94. The van der Waals surface area contributed by atoms with Crippen LogP contribution in [0.15, 0.2) is 66.7 Å². The quantitative estimate of drug-likeness (QED) is 0.381. The maximum atomic E-state index is 12.1. The maximum absolute atomic E-state index is 12.1. The van der Waals surface area contributed by atoms with Crippen molar-refractivity contribution in [1.29, 1.82) is 0 Å². The Hall–Kier alpha value is -3.73. The van der Waals surface area contributed by atoms with E-state index in [0.29, 0.717) is 18.0 Å². The summed E-state index contributed by atoms with van der Waals surface area (Å²) in [4.78, 5) is 12.1. The third-order valence-electron chi connectivity index (χ3n) is 5.16. The second-order valence-corrected chi connectivity index (χ2v) is 7.60. The molecule has 4 aromatic rings. The van der Waals surface area contributed by atoms with Gasteiger partial charge in [0, 0.05) is 22.0 Å². The average Bonchev–Trinajstić information content (AvgIpc) is 2.80. The van der Waals surface area contributed by atoms with Crippen molar-refractivity contribution in [3.8, 4) is 11.3 Å². The zero-order valence-corrected chi connectivity index (χ0v) is 18.0. The lowest BCUT2D eigenvalue weighted by atomic mass is 10.0. The van der Waals surface area contributed by atoms with E-state index in [-0.39, 0.29) is 5.97 Å². The van der Waals surface area contributed by atoms with E-state index in [2.05, 4.69) is 47.6 Å². The van der Waals surface area contributed by atoms with Crippen molar-refractivity contribution in [2.45, 2.75) is 27.2 Å². The van der Waals surface area contributed by atoms with Crippen molar-refractivity contribution >= 4 is 28.2 Å². The van der Waals surface area contributed by atoms with Crippen LogP contribution in [0.3, 0.4) is 0 Å². The van der Waals surface area contributed by atoms with E-state index < -0.39 is 0 Å². The summed E-state index contributed by atoms with van der Waals surface area (Å²) in [6, 6.07) is 21.7. The molecular formula is C26H25N3O2. The zero-order chi connectivity index (χ0) is 21.8. The summed E-state index contributed by atoms with van der Waals surface area (Å²) in [5.74, 6) is 0.408. The van der Waals surface area contributed by atoms with Gasteiger partial charge in [0.25, 0.3) is 0 Å². The number of hydrogen-bond acceptors (Lipinski definition) is 5. The Balaban J connectivity index is 1.70. The highest BCUT2D eigenvalue weighted by Crippen LogP contribution is 2.32. The predicted octanol–water partition coefficient (Wildman–Crippen LogP) is 6.22. The van der Waals surface area contributed by atoms with Gasteiger partial charge in [0.15, 0.2) is 5.82 Å². The van der Waals surface area contributed by atoms with Crippen LogP contribution in [-0.4, -0.2) is 22.8 Å². The van der Waals surface area contributed by atoms with Crippen LogP contribution < -0.4 is 5.32 Å². The number of esters is 1. The van der Waals surface area contributed by atoms with Crippen molar-refractivity contribution in [3.05, 3.63) is 83.4 Å². The molecule has 0 saturated carbocycles. The number of aromatic nitrogens is 2. The Morgan fingerprint density at radius 1 is 0.935 bits per heavy atom. The molecule has 5 heteroatoms. The molecule has 1 aromatic heterocycles. The molecule has 1 N–H and O–H groups in total. The monoisotopic (exact) mass is 411 g/mol. The molecule has 0 aliphatic heterocycles. The number of benzene rings is 3. The van der Waals surface area contributed by atoms with E-state index in [1.165, 1.54) is 5.56 Å². The van der Waals surface area contributed by atoms with E-state index in [0.717, 1.165) is 39.7 Å². The summed E-state index contributed by atoms with van der Waals surface area (Å²) >= 11 is 0. The van der Waals surface area contributed by atoms with Gasteiger partial charge in [0.2, 0.25) is 0 Å². The number of ether oxygens (including phenoxy) is 1. The molecular weight excluding hydrogens is 386 g/mol. The molecule has 156 valence electrons. The Labute approximate surface area is 182 Å². The fourth-order valence-electron chi connectivity index (χ4n) is 3.45. The molecule has 0 fully saturated rings. The molecule has 5 nitrogen and oxygen atoms in total. The third kappa shape index (κ3) is 4.40. The van der Waals surface area contributed by atoms with Crippen LogP contribution in [0.4, 0.5) is 11.5 Å². The second kappa shape index (κ2) is 8.96. The molecule has 4 rings (SSSR count). The Morgan fingerprint density at radius 3 is 2.42 bits per heavy atom. The largest absolute Gasteiger partial charge is 0.462 e. The van der Waals surface area contributed by atoms with Gasteiger partial charge in [-0.2, -0.15) is 0 Å². The van der Waals surface area contributed by atoms with Gasteiger partial charge >= 0.3 is 5.97 Å².